The molecule has 0 spiro atoms. The molecule has 18 heteroatoms. The predicted octanol–water partition coefficient (Wildman–Crippen LogP) is 5.46. The number of nitrogens with one attached hydrogen (secondary N) is 7. The van der Waals surface area contributed by atoms with Crippen molar-refractivity contribution in [1.82, 2.24) is 42.1 Å². The highest BCUT2D eigenvalue weighted by Crippen LogP contribution is 2.12. The van der Waals surface area contributed by atoms with Crippen LogP contribution in [0.3, 0.4) is 0 Å². The average molecular weight is 943 g/mol. The van der Waals surface area contributed by atoms with Gasteiger partial charge in [0.25, 0.3) is 0 Å². The van der Waals surface area contributed by atoms with E-state index in [-0.39, 0.29) is 89.0 Å². The minimum absolute atomic E-state index is 0.128. The van der Waals surface area contributed by atoms with Crippen molar-refractivity contribution >= 4 is 35.8 Å². The zero-order valence-electron chi connectivity index (χ0n) is 42.7. The topological polar surface area (TPSA) is 227 Å². The second-order valence-corrected chi connectivity index (χ2v) is 18.8. The summed E-state index contributed by atoms with van der Waals surface area (Å²) in [7, 11) is 0. The van der Waals surface area contributed by atoms with Crippen LogP contribution in [0.1, 0.15) is 165 Å². The van der Waals surface area contributed by atoms with E-state index >= 15 is 0 Å². The van der Waals surface area contributed by atoms with Gasteiger partial charge in [-0.25, -0.2) is 9.59 Å². The molecule has 0 bridgehead atoms. The van der Waals surface area contributed by atoms with E-state index in [0.717, 1.165) is 45.2 Å². The molecule has 0 rings (SSSR count). The van der Waals surface area contributed by atoms with Gasteiger partial charge in [0.2, 0.25) is 23.6 Å². The molecule has 0 radical (unpaired) electrons. The molecule has 0 fully saturated rings. The Morgan fingerprint density at radius 1 is 0.439 bits per heavy atom. The number of rotatable bonds is 40. The Kier molecular flexibility index (Phi) is 37.0. The van der Waals surface area contributed by atoms with E-state index in [1.807, 2.05) is 0 Å². The number of hydrogen-bond donors (Lipinski definition) is 7. The van der Waals surface area contributed by atoms with Crippen LogP contribution in [0, 0.1) is 0 Å². The van der Waals surface area contributed by atoms with Crippen molar-refractivity contribution in [2.24, 2.45) is 0 Å². The van der Waals surface area contributed by atoms with Crippen molar-refractivity contribution in [3.63, 3.8) is 0 Å². The minimum atomic E-state index is -0.637. The number of carbonyl (C=O) groups is 6. The maximum Gasteiger partial charge on any atom is 0.407 e. The summed E-state index contributed by atoms with van der Waals surface area (Å²) in [4.78, 5) is 77.3. The zero-order valence-corrected chi connectivity index (χ0v) is 42.7. The predicted molar refractivity (Wildman–Crippen MR) is 260 cm³/mol. The Bertz CT molecular complexity index is 1310. The van der Waals surface area contributed by atoms with E-state index in [2.05, 4.69) is 56.0 Å². The number of ether oxygens (including phenoxy) is 4. The van der Waals surface area contributed by atoms with Crippen molar-refractivity contribution in [2.45, 2.75) is 188 Å². The Labute approximate surface area is 398 Å². The molecule has 386 valence electrons. The first-order valence-corrected chi connectivity index (χ1v) is 25.0. The maximum absolute atomic E-state index is 13.2. The van der Waals surface area contributed by atoms with Crippen LogP contribution >= 0.6 is 0 Å². The van der Waals surface area contributed by atoms with Crippen molar-refractivity contribution in [1.29, 1.82) is 0 Å². The van der Waals surface area contributed by atoms with E-state index in [9.17, 15) is 28.8 Å². The van der Waals surface area contributed by atoms with Crippen molar-refractivity contribution in [3.05, 3.63) is 0 Å². The molecule has 0 saturated heterocycles. The minimum Gasteiger partial charge on any atom is -0.444 e. The fourth-order valence-corrected chi connectivity index (χ4v) is 6.37. The molecule has 0 aliphatic rings. The van der Waals surface area contributed by atoms with Crippen LogP contribution in [0.25, 0.3) is 0 Å². The third kappa shape index (κ3) is 41.7. The van der Waals surface area contributed by atoms with E-state index in [1.165, 1.54) is 44.9 Å². The molecule has 0 aromatic carbocycles. The second kappa shape index (κ2) is 39.3. The summed E-state index contributed by atoms with van der Waals surface area (Å²) >= 11 is 0. The van der Waals surface area contributed by atoms with Crippen LogP contribution in [-0.2, 0) is 38.1 Å². The SMILES string of the molecule is CCCCCCCCCCCCN(CCC(=O)NCC(CNC(=O)CC)OCCNC(=O)OC(C)(C)C)CCC(=O)NCC(CNC(=O)CCNCCCC)OCCNC(=O)OC(C)(C)C. The molecule has 6 amide bonds. The molecule has 0 aliphatic carbocycles. The maximum atomic E-state index is 13.2. The Morgan fingerprint density at radius 2 is 0.833 bits per heavy atom. The van der Waals surface area contributed by atoms with Gasteiger partial charge < -0.3 is 61.1 Å². The lowest BCUT2D eigenvalue weighted by Gasteiger charge is -2.24. The van der Waals surface area contributed by atoms with Crippen LogP contribution in [0.5, 0.6) is 0 Å². The highest BCUT2D eigenvalue weighted by Gasteiger charge is 2.19. The van der Waals surface area contributed by atoms with Crippen molar-refractivity contribution in [2.75, 3.05) is 85.2 Å². The first-order chi connectivity index (χ1) is 31.4. The summed E-state index contributed by atoms with van der Waals surface area (Å²) in [5.74, 6) is -0.641. The van der Waals surface area contributed by atoms with E-state index in [1.54, 1.807) is 48.5 Å². The van der Waals surface area contributed by atoms with E-state index in [4.69, 9.17) is 18.9 Å². The van der Waals surface area contributed by atoms with Crippen LogP contribution in [0.4, 0.5) is 9.59 Å². The van der Waals surface area contributed by atoms with Gasteiger partial charge in [-0.05, 0) is 67.5 Å². The molecule has 66 heavy (non-hydrogen) atoms. The number of alkyl carbamates (subject to hydrolysis) is 2. The average Bonchev–Trinajstić information content (AvgIpc) is 3.24. The fraction of sp³-hybridized carbons (Fsp3) is 0.875. The molecule has 7 N–H and O–H groups in total. The smallest absolute Gasteiger partial charge is 0.407 e. The molecule has 18 nitrogen and oxygen atoms in total. The molecular formula is C48H94N8O10. The summed E-state index contributed by atoms with van der Waals surface area (Å²) in [6.07, 6.45) is 13.0. The number of amides is 6. The van der Waals surface area contributed by atoms with Gasteiger partial charge in [0.1, 0.15) is 11.2 Å². The van der Waals surface area contributed by atoms with Crippen LogP contribution in [0.2, 0.25) is 0 Å². The van der Waals surface area contributed by atoms with Gasteiger partial charge in [-0.1, -0.05) is 85.0 Å². The molecular weight excluding hydrogens is 849 g/mol. The van der Waals surface area contributed by atoms with E-state index < -0.39 is 35.6 Å². The summed E-state index contributed by atoms with van der Waals surface area (Å²) in [6.45, 7) is 21.2. The standard InChI is InChI=1S/C48H94N8O10/c1-10-13-15-16-17-18-19-20-21-22-30-56(31-24-43(59)54-37-39(35-52-41(57)12-3)63-33-28-50-45(61)65-47(4,5)6)32-25-44(60)55-38-40(36-53-42(58)23-27-49-26-14-11-2)64-34-29-51-46(62)66-48(7,8)9/h39-40,49H,10-38H2,1-9H3,(H,50,61)(H,51,62)(H,52,57)(H,53,58)(H,54,59)(H,55,60). The molecule has 2 unspecified atom stereocenters. The Hall–Kier alpha value is -3.74. The second-order valence-electron chi connectivity index (χ2n) is 18.8. The normalized spacial score (nSPS) is 12.5. The van der Waals surface area contributed by atoms with Gasteiger partial charge in [-0.15, -0.1) is 0 Å². The number of carbonyl (C=O) groups excluding carboxylic acids is 6. The van der Waals surface area contributed by atoms with Gasteiger partial charge >= 0.3 is 12.2 Å². The fourth-order valence-electron chi connectivity index (χ4n) is 6.37. The van der Waals surface area contributed by atoms with Crippen LogP contribution in [-0.4, -0.2) is 149 Å². The zero-order chi connectivity index (χ0) is 49.5. The molecule has 2 atom stereocenters. The largest absolute Gasteiger partial charge is 0.444 e. The molecule has 0 aromatic rings. The van der Waals surface area contributed by atoms with Crippen molar-refractivity contribution in [3.8, 4) is 0 Å². The van der Waals surface area contributed by atoms with Crippen LogP contribution in [0.15, 0.2) is 0 Å². The Morgan fingerprint density at radius 3 is 1.24 bits per heavy atom. The summed E-state index contributed by atoms with van der Waals surface area (Å²) in [6, 6.07) is 0. The van der Waals surface area contributed by atoms with Gasteiger partial charge in [0, 0.05) is 84.6 Å². The highest BCUT2D eigenvalue weighted by atomic mass is 16.6. The summed E-state index contributed by atoms with van der Waals surface area (Å²) in [5, 5.41) is 20.2. The summed E-state index contributed by atoms with van der Waals surface area (Å²) < 4.78 is 22.5. The molecule has 0 aliphatic heterocycles. The lowest BCUT2D eigenvalue weighted by atomic mass is 10.1. The van der Waals surface area contributed by atoms with Crippen molar-refractivity contribution < 1.29 is 47.7 Å². The highest BCUT2D eigenvalue weighted by molar-refractivity contribution is 5.77. The molecule has 0 heterocycles. The lowest BCUT2D eigenvalue weighted by molar-refractivity contribution is -0.123. The number of unbranched alkanes of at least 4 members (excludes halogenated alkanes) is 10. The van der Waals surface area contributed by atoms with Gasteiger partial charge in [0.05, 0.1) is 25.4 Å². The summed E-state index contributed by atoms with van der Waals surface area (Å²) in [5.41, 5.74) is -1.27. The third-order valence-corrected chi connectivity index (χ3v) is 10.1. The van der Waals surface area contributed by atoms with Gasteiger partial charge in [0.15, 0.2) is 0 Å². The number of nitrogens with zero attached hydrogens (tertiary/aromatic N) is 1. The quantitative estimate of drug-likeness (QED) is 0.0380. The van der Waals surface area contributed by atoms with Crippen LogP contribution < -0.4 is 37.2 Å². The molecule has 0 saturated carbocycles. The van der Waals surface area contributed by atoms with E-state index in [0.29, 0.717) is 32.5 Å². The third-order valence-electron chi connectivity index (χ3n) is 10.1. The first kappa shape index (κ1) is 62.3. The van der Waals surface area contributed by atoms with Gasteiger partial charge in [-0.2, -0.15) is 0 Å². The van der Waals surface area contributed by atoms with Gasteiger partial charge in [-0.3, -0.25) is 19.2 Å². The first-order valence-electron chi connectivity index (χ1n) is 25.0. The monoisotopic (exact) mass is 943 g/mol. The number of hydrogen-bond acceptors (Lipinski definition) is 12. The lowest BCUT2D eigenvalue weighted by Crippen LogP contribution is -2.44. The molecule has 0 aromatic heterocycles. The Balaban J connectivity index is 5.40.